The normalized spacial score (nSPS) is 12.0. The van der Waals surface area contributed by atoms with E-state index in [4.69, 9.17) is 45.4 Å². The number of aliphatic hydroxyl groups is 1. The van der Waals surface area contributed by atoms with E-state index in [1.165, 1.54) is 13.2 Å². The average Bonchev–Trinajstić information content (AvgIpc) is 3.19. The lowest BCUT2D eigenvalue weighted by Crippen LogP contribution is -2.23. The van der Waals surface area contributed by atoms with Crippen molar-refractivity contribution in [3.05, 3.63) is 62.3 Å². The molecule has 16 heteroatoms. The Balaban J connectivity index is 0.00000414. The Bertz CT molecular complexity index is 2170. The number of nitrogens with zero attached hydrogens (tertiary/aromatic N) is 2. The van der Waals surface area contributed by atoms with Gasteiger partial charge in [-0.3, -0.25) is 24.4 Å². The van der Waals surface area contributed by atoms with Crippen molar-refractivity contribution in [3.8, 4) is 17.2 Å². The number of allylic oxidation sites excluding steroid dienone is 4. The second kappa shape index (κ2) is 26.3. The number of fused-ring (bicyclic) bond motifs is 2. The van der Waals surface area contributed by atoms with E-state index in [1.54, 1.807) is 13.0 Å². The van der Waals surface area contributed by atoms with E-state index in [-0.39, 0.29) is 102 Å². The summed E-state index contributed by atoms with van der Waals surface area (Å²) in [5, 5.41) is 22.6. The number of guanidine groups is 1. The predicted octanol–water partition coefficient (Wildman–Crippen LogP) is 5.71. The van der Waals surface area contributed by atoms with Gasteiger partial charge in [-0.25, -0.2) is 0 Å². The third kappa shape index (κ3) is 16.5. The number of aliphatic hydroxyl groups excluding tert-OH is 1. The van der Waals surface area contributed by atoms with Gasteiger partial charge in [0.15, 0.2) is 11.7 Å². The van der Waals surface area contributed by atoms with Crippen LogP contribution in [0.2, 0.25) is 0 Å². The van der Waals surface area contributed by atoms with Gasteiger partial charge in [-0.1, -0.05) is 30.2 Å². The molecule has 2 atom stereocenters. The Morgan fingerprint density at radius 3 is 1.97 bits per heavy atom. The maximum absolute atomic E-state index is 14.5. The molecular weight excluding hydrogens is 787 g/mol. The van der Waals surface area contributed by atoms with Crippen LogP contribution in [-0.4, -0.2) is 73.3 Å². The van der Waals surface area contributed by atoms with Crippen molar-refractivity contribution in [2.45, 2.75) is 106 Å². The van der Waals surface area contributed by atoms with Crippen LogP contribution in [0.25, 0.3) is 21.9 Å². The van der Waals surface area contributed by atoms with E-state index in [2.05, 4.69) is 9.98 Å². The molecule has 0 fully saturated rings. The molecule has 0 aliphatic heterocycles. The number of ether oxygens (including phenoxy) is 3. The highest BCUT2D eigenvalue weighted by Gasteiger charge is 2.25. The topological polar surface area (TPSA) is 269 Å². The number of aliphatic imine (C=N–C) groups is 2. The maximum atomic E-state index is 14.5. The average molecular weight is 850 g/mol. The van der Waals surface area contributed by atoms with E-state index in [9.17, 15) is 24.6 Å². The van der Waals surface area contributed by atoms with Crippen molar-refractivity contribution >= 4 is 51.6 Å². The number of hydrogen-bond donors (Lipinski definition) is 5. The minimum atomic E-state index is -0.474. The molecule has 1 aromatic heterocycles. The van der Waals surface area contributed by atoms with Gasteiger partial charge in [0, 0.05) is 42.8 Å². The number of rotatable bonds is 24. The molecule has 0 radical (unpaired) electrons. The summed E-state index contributed by atoms with van der Waals surface area (Å²) in [4.78, 5) is 64.5. The molecule has 2 aromatic carbocycles. The standard InChI is InChI=1S/C44H63N5O9.CO2/c1-26(2)14-16-32-34(24-50)36(57-25-31(51)21-28(5)11-8-19-49-44(46)47)23-37-39(32)42(53)40-38(58-37)22-35(33(41(40)52)17-15-27(3)4)56-20-10-13-30(43(54)55-7)12-9-18-48-29(6)45;2-1-3/h14-15,22-23,28,30,50,52H,8-13,16-21,24-25H2,1-7H3,(H2,45,48)(H4,46,47,49);/t28-,30+;/m1./s1. The first-order chi connectivity index (χ1) is 29.0. The van der Waals surface area contributed by atoms with E-state index >= 15 is 0 Å². The Labute approximate surface area is 356 Å². The van der Waals surface area contributed by atoms with Crippen molar-refractivity contribution in [2.24, 2.45) is 39.0 Å². The fraction of sp³-hybridized carbons (Fsp3) is 0.511. The lowest BCUT2D eigenvalue weighted by Gasteiger charge is -2.18. The number of nitrogens with two attached hydrogens (primary N) is 3. The van der Waals surface area contributed by atoms with Gasteiger partial charge in [0.25, 0.3) is 0 Å². The van der Waals surface area contributed by atoms with Crippen molar-refractivity contribution in [1.29, 1.82) is 0 Å². The molecule has 61 heavy (non-hydrogen) atoms. The van der Waals surface area contributed by atoms with Gasteiger partial charge in [0.05, 0.1) is 37.5 Å². The van der Waals surface area contributed by atoms with Gasteiger partial charge in [-0.05, 0) is 97.5 Å². The summed E-state index contributed by atoms with van der Waals surface area (Å²) < 4.78 is 23.7. The van der Waals surface area contributed by atoms with Crippen LogP contribution in [-0.2, 0) is 43.4 Å². The Hall–Kier alpha value is -5.99. The zero-order valence-electron chi connectivity index (χ0n) is 36.6. The molecule has 8 N–H and O–H groups in total. The van der Waals surface area contributed by atoms with Crippen LogP contribution in [0.4, 0.5) is 0 Å². The van der Waals surface area contributed by atoms with Gasteiger partial charge in [0.2, 0.25) is 5.43 Å². The van der Waals surface area contributed by atoms with Gasteiger partial charge in [0.1, 0.15) is 40.4 Å². The molecule has 0 aliphatic rings. The number of esters is 1. The molecule has 0 saturated heterocycles. The van der Waals surface area contributed by atoms with Crippen molar-refractivity contribution in [2.75, 3.05) is 33.4 Å². The van der Waals surface area contributed by atoms with Crippen LogP contribution in [0.15, 0.2) is 54.6 Å². The molecule has 3 aromatic rings. The highest BCUT2D eigenvalue weighted by atomic mass is 16.5. The zero-order valence-corrected chi connectivity index (χ0v) is 36.6. The third-order valence-electron chi connectivity index (χ3n) is 9.74. The number of hydrogen-bond acceptors (Lipinski definition) is 13. The smallest absolute Gasteiger partial charge is 0.373 e. The number of carbonyl (C=O) groups is 2. The first kappa shape index (κ1) is 51.2. The number of aromatic hydroxyl groups is 1. The van der Waals surface area contributed by atoms with Gasteiger partial charge in [-0.2, -0.15) is 9.59 Å². The third-order valence-corrected chi connectivity index (χ3v) is 9.74. The van der Waals surface area contributed by atoms with Crippen LogP contribution >= 0.6 is 0 Å². The number of Topliss-reactive ketones (excluding diaryl/α,β-unsaturated/α-hetero) is 1. The zero-order chi connectivity index (χ0) is 45.6. The van der Waals surface area contributed by atoms with Crippen molar-refractivity contribution < 1.29 is 48.0 Å². The molecular formula is C45H63N5O11. The number of carbonyl (C=O) groups excluding carboxylic acids is 4. The molecule has 0 amide bonds. The van der Waals surface area contributed by atoms with Crippen LogP contribution in [0.1, 0.15) is 103 Å². The van der Waals surface area contributed by atoms with Crippen LogP contribution in [0, 0.1) is 11.8 Å². The lowest BCUT2D eigenvalue weighted by molar-refractivity contribution is -0.191. The van der Waals surface area contributed by atoms with Gasteiger partial charge >= 0.3 is 12.1 Å². The van der Waals surface area contributed by atoms with Crippen LogP contribution < -0.4 is 32.1 Å². The van der Waals surface area contributed by atoms with Gasteiger partial charge < -0.3 is 46.0 Å². The molecule has 1 heterocycles. The molecule has 0 spiro atoms. The Kier molecular flexibility index (Phi) is 22.0. The van der Waals surface area contributed by atoms with Crippen molar-refractivity contribution in [1.82, 2.24) is 0 Å². The summed E-state index contributed by atoms with van der Waals surface area (Å²) in [6, 6.07) is 3.12. The van der Waals surface area contributed by atoms with Crippen molar-refractivity contribution in [3.63, 3.8) is 0 Å². The Morgan fingerprint density at radius 2 is 1.39 bits per heavy atom. The molecule has 0 bridgehead atoms. The molecule has 3 rings (SSSR count). The molecule has 16 nitrogen and oxygen atoms in total. The predicted molar refractivity (Wildman–Crippen MR) is 235 cm³/mol. The summed E-state index contributed by atoms with van der Waals surface area (Å²) in [5.74, 6) is 0.0997. The van der Waals surface area contributed by atoms with Crippen LogP contribution in [0.5, 0.6) is 17.2 Å². The summed E-state index contributed by atoms with van der Waals surface area (Å²) in [6.07, 6.45) is 8.68. The van der Waals surface area contributed by atoms with E-state index in [0.29, 0.717) is 67.0 Å². The lowest BCUT2D eigenvalue weighted by atomic mass is 9.95. The number of methoxy groups -OCH3 is 1. The second-order valence-corrected chi connectivity index (χ2v) is 15.4. The largest absolute Gasteiger partial charge is 0.507 e. The van der Waals surface area contributed by atoms with E-state index in [1.807, 2.05) is 46.8 Å². The Morgan fingerprint density at radius 1 is 0.836 bits per heavy atom. The first-order valence-electron chi connectivity index (χ1n) is 20.3. The fourth-order valence-corrected chi connectivity index (χ4v) is 6.74. The first-order valence-corrected chi connectivity index (χ1v) is 20.3. The summed E-state index contributed by atoms with van der Waals surface area (Å²) >= 11 is 0. The summed E-state index contributed by atoms with van der Waals surface area (Å²) in [6.45, 7) is 11.9. The summed E-state index contributed by atoms with van der Waals surface area (Å²) in [7, 11) is 1.37. The van der Waals surface area contributed by atoms with E-state index < -0.39 is 12.0 Å². The van der Waals surface area contributed by atoms with E-state index in [0.717, 1.165) is 24.0 Å². The minimum Gasteiger partial charge on any atom is -0.507 e. The minimum absolute atomic E-state index is 0.0156. The van der Waals surface area contributed by atoms with Gasteiger partial charge in [-0.15, -0.1) is 0 Å². The second-order valence-electron chi connectivity index (χ2n) is 15.4. The highest BCUT2D eigenvalue weighted by molar-refractivity contribution is 5.97. The summed E-state index contributed by atoms with van der Waals surface area (Å²) in [5.41, 5.74) is 19.5. The molecule has 0 saturated carbocycles. The van der Waals surface area contributed by atoms with Crippen LogP contribution in [0.3, 0.4) is 0 Å². The molecule has 0 aliphatic carbocycles. The quantitative estimate of drug-likeness (QED) is 0.0180. The number of benzene rings is 2. The SMILES string of the molecule is COC(=O)[C@@H](CCCN=C(C)N)CCCOc1cc2oc3cc(OCC(=O)C[C@H](C)CCCN=C(N)N)c(CO)c(CC=C(C)C)c3c(=O)c2c(O)c1CC=C(C)C.O=C=O. The molecule has 0 unspecified atom stereocenters. The number of ketones is 1. The highest BCUT2D eigenvalue weighted by Crippen LogP contribution is 2.39. The number of amidine groups is 1. The number of phenolic OH excluding ortho intramolecular Hbond substituents is 1. The monoisotopic (exact) mass is 849 g/mol. The fourth-order valence-electron chi connectivity index (χ4n) is 6.74. The number of phenols is 1. The molecule has 334 valence electrons. The maximum Gasteiger partial charge on any atom is 0.373 e.